The van der Waals surface area contributed by atoms with Crippen LogP contribution in [0.15, 0.2) is 40.2 Å². The van der Waals surface area contributed by atoms with Crippen molar-refractivity contribution in [3.63, 3.8) is 0 Å². The molecular formula is C27H32FN5O6S. The molecular weight excluding hydrogens is 541 g/mol. The summed E-state index contributed by atoms with van der Waals surface area (Å²) in [6.45, 7) is 9.89. The van der Waals surface area contributed by atoms with Gasteiger partial charge in [-0.25, -0.2) is 18.5 Å². The summed E-state index contributed by atoms with van der Waals surface area (Å²) in [5, 5.41) is 9.14. The molecule has 0 unspecified atom stereocenters. The topological polar surface area (TPSA) is 119 Å². The molecule has 0 bridgehead atoms. The van der Waals surface area contributed by atoms with E-state index in [2.05, 4.69) is 10.2 Å². The number of carbonyl (C=O) groups is 1. The van der Waals surface area contributed by atoms with Crippen LogP contribution in [-0.2, 0) is 26.4 Å². The molecule has 1 atom stereocenters. The number of nitrogens with zero attached hydrogens (tertiary/aromatic N) is 5. The van der Waals surface area contributed by atoms with Gasteiger partial charge in [-0.05, 0) is 59.7 Å². The first-order valence-electron chi connectivity index (χ1n) is 12.7. The molecule has 0 radical (unpaired) electrons. The van der Waals surface area contributed by atoms with Crippen LogP contribution >= 0.6 is 11.3 Å². The summed E-state index contributed by atoms with van der Waals surface area (Å²) >= 11 is 1.15. The number of aryl methyl sites for hydroxylation is 1. The molecule has 0 saturated carbocycles. The fourth-order valence-electron chi connectivity index (χ4n) is 4.56. The van der Waals surface area contributed by atoms with Crippen molar-refractivity contribution in [1.82, 2.24) is 24.1 Å². The second kappa shape index (κ2) is 11.3. The Hall–Kier alpha value is -3.84. The summed E-state index contributed by atoms with van der Waals surface area (Å²) in [6.07, 6.45) is 1.85. The first-order valence-corrected chi connectivity index (χ1v) is 13.6. The molecule has 1 aromatic carbocycles. The first-order chi connectivity index (χ1) is 18.9. The maximum atomic E-state index is 14.4. The second-order valence-corrected chi connectivity index (χ2v) is 10.9. The minimum Gasteiger partial charge on any atom is -0.496 e. The van der Waals surface area contributed by atoms with Gasteiger partial charge in [-0.1, -0.05) is 11.3 Å². The Morgan fingerprint density at radius 3 is 2.45 bits per heavy atom. The molecule has 0 N–H and O–H groups in total. The second-order valence-electron chi connectivity index (χ2n) is 9.90. The molecule has 3 aromatic heterocycles. The highest BCUT2D eigenvalue weighted by atomic mass is 32.1. The van der Waals surface area contributed by atoms with Crippen molar-refractivity contribution in [1.29, 1.82) is 0 Å². The fraction of sp³-hybridized carbons (Fsp3) is 0.444. The number of halogens is 1. The largest absolute Gasteiger partial charge is 0.496 e. The third-order valence-electron chi connectivity index (χ3n) is 6.45. The van der Waals surface area contributed by atoms with E-state index >= 15 is 0 Å². The molecule has 3 heterocycles. The summed E-state index contributed by atoms with van der Waals surface area (Å²) in [5.74, 6) is -0.859. The van der Waals surface area contributed by atoms with Crippen LogP contribution in [-0.4, -0.2) is 49.9 Å². The molecule has 4 rings (SSSR count). The van der Waals surface area contributed by atoms with Crippen LogP contribution in [0, 0.1) is 12.7 Å². The van der Waals surface area contributed by atoms with E-state index in [9.17, 15) is 18.8 Å². The highest BCUT2D eigenvalue weighted by molar-refractivity contribution is 7.21. The predicted octanol–water partition coefficient (Wildman–Crippen LogP) is 3.73. The Morgan fingerprint density at radius 1 is 1.18 bits per heavy atom. The molecule has 0 aliphatic rings. The molecule has 13 heteroatoms. The average molecular weight is 574 g/mol. The van der Waals surface area contributed by atoms with E-state index in [1.54, 1.807) is 13.8 Å². The summed E-state index contributed by atoms with van der Waals surface area (Å²) in [4.78, 5) is 42.8. The van der Waals surface area contributed by atoms with Crippen molar-refractivity contribution in [3.8, 4) is 10.8 Å². The van der Waals surface area contributed by atoms with E-state index in [1.165, 1.54) is 60.9 Å². The van der Waals surface area contributed by atoms with Crippen LogP contribution in [0.25, 0.3) is 15.2 Å². The molecule has 0 amide bonds. The minimum absolute atomic E-state index is 0.0731. The van der Waals surface area contributed by atoms with Gasteiger partial charge in [0, 0.05) is 11.1 Å². The molecule has 0 fully saturated rings. The van der Waals surface area contributed by atoms with Crippen LogP contribution in [0.5, 0.6) is 5.75 Å². The maximum absolute atomic E-state index is 14.4. The zero-order valence-electron chi connectivity index (χ0n) is 23.4. The number of ether oxygens (including phenoxy) is 3. The molecule has 0 spiro atoms. The standard InChI is InChI=1S/C27H32FN5O6S/c1-8-38-25(35)27(5,6)32-22(34)21-16(4)23(33-29-11-12-30-33)40-24(21)31(26(32)36)14-20(39-15(2)3)18-13-17(28)9-10-19(18)37-7/h9-13,15,20H,8,14H2,1-7H3/t20-/m0/s1. The number of benzene rings is 1. The Kier molecular flexibility index (Phi) is 8.26. The van der Waals surface area contributed by atoms with Gasteiger partial charge in [0.1, 0.15) is 33.0 Å². The average Bonchev–Trinajstić information content (AvgIpc) is 3.53. The number of methoxy groups -OCH3 is 1. The van der Waals surface area contributed by atoms with E-state index in [0.717, 1.165) is 15.9 Å². The Morgan fingerprint density at radius 2 is 1.85 bits per heavy atom. The molecule has 0 aliphatic carbocycles. The van der Waals surface area contributed by atoms with Crippen molar-refractivity contribution >= 4 is 27.5 Å². The number of carbonyl (C=O) groups excluding carboxylic acids is 1. The molecule has 4 aromatic rings. The van der Waals surface area contributed by atoms with Crippen molar-refractivity contribution in [2.24, 2.45) is 0 Å². The monoisotopic (exact) mass is 573 g/mol. The lowest BCUT2D eigenvalue weighted by molar-refractivity contribution is -0.152. The molecule has 214 valence electrons. The van der Waals surface area contributed by atoms with Crippen LogP contribution < -0.4 is 16.0 Å². The van der Waals surface area contributed by atoms with Gasteiger partial charge in [-0.2, -0.15) is 10.2 Å². The van der Waals surface area contributed by atoms with Crippen LogP contribution in [0.3, 0.4) is 0 Å². The third-order valence-corrected chi connectivity index (χ3v) is 7.73. The van der Waals surface area contributed by atoms with Crippen molar-refractivity contribution in [2.45, 2.75) is 65.8 Å². The van der Waals surface area contributed by atoms with Crippen molar-refractivity contribution in [2.75, 3.05) is 13.7 Å². The van der Waals surface area contributed by atoms with Crippen LogP contribution in [0.4, 0.5) is 4.39 Å². The normalized spacial score (nSPS) is 12.7. The number of rotatable bonds is 10. The van der Waals surface area contributed by atoms with E-state index in [1.807, 2.05) is 13.8 Å². The summed E-state index contributed by atoms with van der Waals surface area (Å²) in [5.41, 5.74) is -2.10. The zero-order chi connectivity index (χ0) is 29.4. The van der Waals surface area contributed by atoms with Gasteiger partial charge < -0.3 is 14.2 Å². The fourth-order valence-corrected chi connectivity index (χ4v) is 5.78. The lowest BCUT2D eigenvalue weighted by Gasteiger charge is -2.27. The highest BCUT2D eigenvalue weighted by Gasteiger charge is 2.37. The van der Waals surface area contributed by atoms with Gasteiger partial charge in [-0.3, -0.25) is 9.36 Å². The number of hydrogen-bond acceptors (Lipinski definition) is 9. The van der Waals surface area contributed by atoms with Gasteiger partial charge >= 0.3 is 11.7 Å². The Bertz CT molecular complexity index is 1650. The number of fused-ring (bicyclic) bond motifs is 1. The predicted molar refractivity (Wildman–Crippen MR) is 148 cm³/mol. The van der Waals surface area contributed by atoms with Crippen molar-refractivity contribution in [3.05, 3.63) is 68.4 Å². The summed E-state index contributed by atoms with van der Waals surface area (Å²) in [6, 6.07) is 4.06. The number of thiophene rings is 1. The van der Waals surface area contributed by atoms with Crippen LogP contribution in [0.2, 0.25) is 0 Å². The van der Waals surface area contributed by atoms with Crippen molar-refractivity contribution < 1.29 is 23.4 Å². The van der Waals surface area contributed by atoms with Gasteiger partial charge in [0.05, 0.1) is 44.1 Å². The molecule has 0 aliphatic heterocycles. The lowest BCUT2D eigenvalue weighted by Crippen LogP contribution is -2.53. The van der Waals surface area contributed by atoms with Crippen LogP contribution in [0.1, 0.15) is 51.8 Å². The summed E-state index contributed by atoms with van der Waals surface area (Å²) < 4.78 is 33.6. The third kappa shape index (κ3) is 5.18. The number of hydrogen-bond donors (Lipinski definition) is 0. The summed E-state index contributed by atoms with van der Waals surface area (Å²) in [7, 11) is 1.46. The van der Waals surface area contributed by atoms with Gasteiger partial charge in [0.2, 0.25) is 0 Å². The highest BCUT2D eigenvalue weighted by Crippen LogP contribution is 2.34. The Labute approximate surface area is 233 Å². The molecule has 11 nitrogen and oxygen atoms in total. The maximum Gasteiger partial charge on any atom is 0.333 e. The Balaban J connectivity index is 2.06. The minimum atomic E-state index is -1.64. The number of aromatic nitrogens is 5. The van der Waals surface area contributed by atoms with Gasteiger partial charge in [0.25, 0.3) is 5.56 Å². The van der Waals surface area contributed by atoms with Gasteiger partial charge in [-0.15, -0.1) is 4.80 Å². The SMILES string of the molecule is CCOC(=O)C(C)(C)n1c(=O)c2c(C)c(-n3nccn3)sc2n(C[C@H](OC(C)C)c2cc(F)ccc2OC)c1=O. The quantitative estimate of drug-likeness (QED) is 0.263. The first kappa shape index (κ1) is 29.2. The lowest BCUT2D eigenvalue weighted by atomic mass is 10.0. The van der Waals surface area contributed by atoms with E-state index < -0.39 is 34.7 Å². The zero-order valence-corrected chi connectivity index (χ0v) is 24.2. The van der Waals surface area contributed by atoms with E-state index in [0.29, 0.717) is 26.7 Å². The van der Waals surface area contributed by atoms with E-state index in [4.69, 9.17) is 14.2 Å². The molecule has 0 saturated heterocycles. The number of esters is 1. The smallest absolute Gasteiger partial charge is 0.333 e. The van der Waals surface area contributed by atoms with E-state index in [-0.39, 0.29) is 24.6 Å². The van der Waals surface area contributed by atoms with Gasteiger partial charge in [0.15, 0.2) is 0 Å². The molecule has 40 heavy (non-hydrogen) atoms.